The predicted molar refractivity (Wildman–Crippen MR) is 65.3 cm³/mol. The highest BCUT2D eigenvalue weighted by Gasteiger charge is 2.35. The Hall–Kier alpha value is -1.39. The number of hydrogen-bond acceptors (Lipinski definition) is 3. The van der Waals surface area contributed by atoms with Crippen molar-refractivity contribution in [2.75, 3.05) is 14.2 Å². The number of nitrogens with zero attached hydrogens (tertiary/aromatic N) is 1. The number of methoxy groups -OCH3 is 1. The number of carbonyl (C=O) groups excluding carboxylic acids is 1. The maximum Gasteiger partial charge on any atom is 0.224 e. The molecule has 1 aliphatic rings. The van der Waals surface area contributed by atoms with Gasteiger partial charge in [0.05, 0.1) is 12.6 Å². The van der Waals surface area contributed by atoms with Gasteiger partial charge >= 0.3 is 0 Å². The van der Waals surface area contributed by atoms with Crippen molar-refractivity contribution in [1.29, 1.82) is 0 Å². The topological polar surface area (TPSA) is 55.6 Å². The van der Waals surface area contributed by atoms with Gasteiger partial charge in [0.15, 0.2) is 0 Å². The molecule has 0 aromatic heterocycles. The number of ether oxygens (including phenoxy) is 1. The van der Waals surface area contributed by atoms with Gasteiger partial charge in [0, 0.05) is 26.6 Å². The van der Waals surface area contributed by atoms with Gasteiger partial charge in [-0.05, 0) is 11.1 Å². The van der Waals surface area contributed by atoms with E-state index in [4.69, 9.17) is 10.5 Å². The molecule has 1 amide bonds. The first-order valence-corrected chi connectivity index (χ1v) is 5.72. The first-order chi connectivity index (χ1) is 8.13. The summed E-state index contributed by atoms with van der Waals surface area (Å²) in [5, 5.41) is 0. The molecule has 92 valence electrons. The number of hydrogen-bond donors (Lipinski definition) is 1. The Morgan fingerprint density at radius 2 is 2.06 bits per heavy atom. The summed E-state index contributed by atoms with van der Waals surface area (Å²) >= 11 is 0. The fourth-order valence-electron chi connectivity index (χ4n) is 2.35. The SMILES string of the molecule is COCc1ccc(C2C(N)CC(=O)N2C)cc1. The molecule has 2 atom stereocenters. The van der Waals surface area contributed by atoms with Gasteiger partial charge < -0.3 is 15.4 Å². The van der Waals surface area contributed by atoms with Crippen LogP contribution in [0.5, 0.6) is 0 Å². The molecule has 1 saturated heterocycles. The molecule has 2 N–H and O–H groups in total. The third-order valence-corrected chi connectivity index (χ3v) is 3.26. The number of carbonyl (C=O) groups is 1. The lowest BCUT2D eigenvalue weighted by Gasteiger charge is -2.23. The van der Waals surface area contributed by atoms with Crippen molar-refractivity contribution in [2.45, 2.75) is 25.1 Å². The normalized spacial score (nSPS) is 24.4. The number of amides is 1. The van der Waals surface area contributed by atoms with Crippen molar-refractivity contribution in [3.63, 3.8) is 0 Å². The Morgan fingerprint density at radius 3 is 2.53 bits per heavy atom. The summed E-state index contributed by atoms with van der Waals surface area (Å²) in [6.45, 7) is 0.603. The van der Waals surface area contributed by atoms with Crippen LogP contribution in [-0.2, 0) is 16.1 Å². The van der Waals surface area contributed by atoms with Crippen molar-refractivity contribution < 1.29 is 9.53 Å². The number of likely N-dealkylation sites (N-methyl/N-ethyl adjacent to an activating group) is 1. The van der Waals surface area contributed by atoms with Gasteiger partial charge in [-0.1, -0.05) is 24.3 Å². The Kier molecular flexibility index (Phi) is 3.45. The molecular formula is C13H18N2O2. The van der Waals surface area contributed by atoms with Gasteiger partial charge in [-0.2, -0.15) is 0 Å². The highest BCUT2D eigenvalue weighted by Crippen LogP contribution is 2.30. The van der Waals surface area contributed by atoms with E-state index in [1.165, 1.54) is 0 Å². The van der Waals surface area contributed by atoms with Crippen molar-refractivity contribution in [2.24, 2.45) is 5.73 Å². The van der Waals surface area contributed by atoms with E-state index in [9.17, 15) is 4.79 Å². The number of likely N-dealkylation sites (tertiary alicyclic amines) is 1. The molecule has 1 heterocycles. The summed E-state index contributed by atoms with van der Waals surface area (Å²) in [6, 6.07) is 7.96. The smallest absolute Gasteiger partial charge is 0.224 e. The maximum atomic E-state index is 11.6. The quantitative estimate of drug-likeness (QED) is 0.851. The van der Waals surface area contributed by atoms with Crippen molar-refractivity contribution in [3.8, 4) is 0 Å². The van der Waals surface area contributed by atoms with Crippen molar-refractivity contribution in [3.05, 3.63) is 35.4 Å². The molecule has 0 bridgehead atoms. The molecule has 1 aromatic rings. The molecule has 0 spiro atoms. The predicted octanol–water partition coefficient (Wildman–Crippen LogP) is 1.06. The summed E-state index contributed by atoms with van der Waals surface area (Å²) in [6.07, 6.45) is 0.432. The summed E-state index contributed by atoms with van der Waals surface area (Å²) in [4.78, 5) is 13.3. The first kappa shape index (κ1) is 12.1. The monoisotopic (exact) mass is 234 g/mol. The minimum atomic E-state index is -0.110. The largest absolute Gasteiger partial charge is 0.380 e. The van der Waals surface area contributed by atoms with Crippen LogP contribution in [0, 0.1) is 0 Å². The zero-order valence-electron chi connectivity index (χ0n) is 10.2. The Bertz CT molecular complexity index is 402. The van der Waals surface area contributed by atoms with Crippen LogP contribution >= 0.6 is 0 Å². The van der Waals surface area contributed by atoms with E-state index in [2.05, 4.69) is 0 Å². The standard InChI is InChI=1S/C13H18N2O2/c1-15-12(16)7-11(14)13(15)10-5-3-9(4-6-10)8-17-2/h3-6,11,13H,7-8,14H2,1-2H3. The van der Waals surface area contributed by atoms with Gasteiger partial charge in [-0.25, -0.2) is 0 Å². The maximum absolute atomic E-state index is 11.6. The fraction of sp³-hybridized carbons (Fsp3) is 0.462. The number of benzene rings is 1. The highest BCUT2D eigenvalue weighted by molar-refractivity contribution is 5.80. The van der Waals surface area contributed by atoms with Gasteiger partial charge in [0.2, 0.25) is 5.91 Å². The molecule has 0 saturated carbocycles. The van der Waals surface area contributed by atoms with E-state index < -0.39 is 0 Å². The van der Waals surface area contributed by atoms with Crippen LogP contribution in [0.15, 0.2) is 24.3 Å². The molecule has 0 aliphatic carbocycles. The molecule has 1 aromatic carbocycles. The van der Waals surface area contributed by atoms with E-state index in [0.29, 0.717) is 13.0 Å². The van der Waals surface area contributed by atoms with Crippen LogP contribution in [-0.4, -0.2) is 31.0 Å². The minimum absolute atomic E-state index is 0.000838. The van der Waals surface area contributed by atoms with E-state index in [0.717, 1.165) is 11.1 Å². The number of nitrogens with two attached hydrogens (primary N) is 1. The molecule has 4 nitrogen and oxygen atoms in total. The lowest BCUT2D eigenvalue weighted by Crippen LogP contribution is -2.30. The van der Waals surface area contributed by atoms with Crippen molar-refractivity contribution >= 4 is 5.91 Å². The molecular weight excluding hydrogens is 216 g/mol. The second-order valence-electron chi connectivity index (χ2n) is 4.49. The molecule has 2 rings (SSSR count). The molecule has 17 heavy (non-hydrogen) atoms. The Morgan fingerprint density at radius 1 is 1.41 bits per heavy atom. The summed E-state index contributed by atoms with van der Waals surface area (Å²) in [7, 11) is 3.48. The average molecular weight is 234 g/mol. The lowest BCUT2D eigenvalue weighted by atomic mass is 10.00. The molecule has 1 fully saturated rings. The van der Waals surface area contributed by atoms with Crippen LogP contribution < -0.4 is 5.73 Å². The summed E-state index contributed by atoms with van der Waals surface area (Å²) in [5.74, 6) is 0.114. The van der Waals surface area contributed by atoms with E-state index >= 15 is 0 Å². The van der Waals surface area contributed by atoms with Crippen LogP contribution in [0.1, 0.15) is 23.6 Å². The van der Waals surface area contributed by atoms with Crippen LogP contribution in [0.3, 0.4) is 0 Å². The van der Waals surface area contributed by atoms with Gasteiger partial charge in [0.1, 0.15) is 0 Å². The van der Waals surface area contributed by atoms with E-state index in [1.807, 2.05) is 31.3 Å². The zero-order valence-corrected chi connectivity index (χ0v) is 10.2. The molecule has 2 unspecified atom stereocenters. The third-order valence-electron chi connectivity index (χ3n) is 3.26. The highest BCUT2D eigenvalue weighted by atomic mass is 16.5. The second-order valence-corrected chi connectivity index (χ2v) is 4.49. The third kappa shape index (κ3) is 2.33. The van der Waals surface area contributed by atoms with Gasteiger partial charge in [-0.15, -0.1) is 0 Å². The molecule has 0 radical (unpaired) electrons. The Labute approximate surface area is 101 Å². The zero-order chi connectivity index (χ0) is 12.4. The first-order valence-electron chi connectivity index (χ1n) is 5.72. The van der Waals surface area contributed by atoms with E-state index in [1.54, 1.807) is 12.0 Å². The lowest BCUT2D eigenvalue weighted by molar-refractivity contribution is -0.127. The average Bonchev–Trinajstić information content (AvgIpc) is 2.55. The van der Waals surface area contributed by atoms with Gasteiger partial charge in [0.25, 0.3) is 0 Å². The fourth-order valence-corrected chi connectivity index (χ4v) is 2.35. The van der Waals surface area contributed by atoms with E-state index in [-0.39, 0.29) is 18.0 Å². The minimum Gasteiger partial charge on any atom is -0.380 e. The second kappa shape index (κ2) is 4.85. The summed E-state index contributed by atoms with van der Waals surface area (Å²) in [5.41, 5.74) is 8.21. The van der Waals surface area contributed by atoms with Gasteiger partial charge in [-0.3, -0.25) is 4.79 Å². The molecule has 1 aliphatic heterocycles. The number of rotatable bonds is 3. The summed E-state index contributed by atoms with van der Waals surface area (Å²) < 4.78 is 5.06. The molecule has 4 heteroatoms. The van der Waals surface area contributed by atoms with Crippen LogP contribution in [0.2, 0.25) is 0 Å². The van der Waals surface area contributed by atoms with Crippen LogP contribution in [0.25, 0.3) is 0 Å². The Balaban J connectivity index is 2.19. The van der Waals surface area contributed by atoms with Crippen molar-refractivity contribution in [1.82, 2.24) is 4.90 Å². The van der Waals surface area contributed by atoms with Crippen LogP contribution in [0.4, 0.5) is 0 Å².